The van der Waals surface area contributed by atoms with Gasteiger partial charge >= 0.3 is 0 Å². The van der Waals surface area contributed by atoms with E-state index in [-0.39, 0.29) is 0 Å². The molecule has 6 heteroatoms. The Hall–Kier alpha value is -1.80. The van der Waals surface area contributed by atoms with Crippen molar-refractivity contribution in [1.82, 2.24) is 9.80 Å². The van der Waals surface area contributed by atoms with E-state index < -0.39 is 0 Å². The highest BCUT2D eigenvalue weighted by atomic mass is 16.6. The lowest BCUT2D eigenvalue weighted by atomic mass is 10.1. The topological polar surface area (TPSA) is 43.4 Å². The Morgan fingerprint density at radius 2 is 0.765 bits per heavy atom. The summed E-state index contributed by atoms with van der Waals surface area (Å²) in [4.78, 5) is 4.53. The average Bonchev–Trinajstić information content (AvgIpc) is 2.82. The van der Waals surface area contributed by atoms with Crippen LogP contribution in [-0.2, 0) is 32.0 Å². The molecular weight excluding hydrogens is 428 g/mol. The van der Waals surface area contributed by atoms with Crippen molar-refractivity contribution in [3.05, 3.63) is 70.8 Å². The van der Waals surface area contributed by atoms with Crippen molar-refractivity contribution in [3.8, 4) is 0 Å². The molecule has 0 spiro atoms. The minimum absolute atomic E-state index is 0.579. The number of ether oxygens (including phenoxy) is 4. The van der Waals surface area contributed by atoms with E-state index in [4.69, 9.17) is 18.9 Å². The molecule has 0 heterocycles. The van der Waals surface area contributed by atoms with Crippen molar-refractivity contribution >= 4 is 0 Å². The molecule has 2 aromatic rings. The maximum Gasteiger partial charge on any atom is 0.0701 e. The van der Waals surface area contributed by atoms with Crippen LogP contribution < -0.4 is 0 Å². The van der Waals surface area contributed by atoms with Crippen molar-refractivity contribution in [2.24, 2.45) is 0 Å². The predicted molar refractivity (Wildman–Crippen MR) is 138 cm³/mol. The van der Waals surface area contributed by atoms with Crippen LogP contribution in [0.25, 0.3) is 0 Å². The summed E-state index contributed by atoms with van der Waals surface area (Å²) in [5.74, 6) is 0. The van der Waals surface area contributed by atoms with E-state index in [1.807, 2.05) is 0 Å². The number of rotatable bonds is 19. The van der Waals surface area contributed by atoms with Gasteiger partial charge in [0.15, 0.2) is 0 Å². The molecule has 0 radical (unpaired) electrons. The number of aryl methyl sites for hydroxylation is 2. The maximum absolute atomic E-state index is 5.66. The van der Waals surface area contributed by atoms with Crippen molar-refractivity contribution in [3.63, 3.8) is 0 Å². The number of benzene rings is 2. The van der Waals surface area contributed by atoms with E-state index in [1.54, 1.807) is 0 Å². The van der Waals surface area contributed by atoms with E-state index in [9.17, 15) is 0 Å². The van der Waals surface area contributed by atoms with Gasteiger partial charge in [-0.1, -0.05) is 59.7 Å². The SMILES string of the molecule is Cc1ccc(CN(C)CCOCCOCCOCCOCCN(C)Cc2ccc(C)cc2)cc1. The monoisotopic (exact) mass is 472 g/mol. The second-order valence-corrected chi connectivity index (χ2v) is 8.90. The lowest BCUT2D eigenvalue weighted by Crippen LogP contribution is -2.23. The second-order valence-electron chi connectivity index (χ2n) is 8.90. The summed E-state index contributed by atoms with van der Waals surface area (Å²) in [6.07, 6.45) is 0. The first-order valence-corrected chi connectivity index (χ1v) is 12.3. The third-order valence-corrected chi connectivity index (χ3v) is 5.50. The minimum Gasteiger partial charge on any atom is -0.378 e. The Bertz CT molecular complexity index is 687. The van der Waals surface area contributed by atoms with Gasteiger partial charge in [-0.15, -0.1) is 0 Å². The summed E-state index contributed by atoms with van der Waals surface area (Å²) in [7, 11) is 4.23. The van der Waals surface area contributed by atoms with Crippen LogP contribution in [0.1, 0.15) is 22.3 Å². The molecule has 0 amide bonds. The zero-order chi connectivity index (χ0) is 24.4. The molecule has 2 aromatic carbocycles. The Morgan fingerprint density at radius 3 is 1.09 bits per heavy atom. The van der Waals surface area contributed by atoms with Gasteiger partial charge < -0.3 is 18.9 Å². The molecule has 0 unspecified atom stereocenters. The van der Waals surface area contributed by atoms with Gasteiger partial charge in [0, 0.05) is 26.2 Å². The summed E-state index contributed by atoms with van der Waals surface area (Å²) < 4.78 is 22.4. The molecule has 0 fully saturated rings. The van der Waals surface area contributed by atoms with Crippen LogP contribution in [0.2, 0.25) is 0 Å². The molecule has 0 N–H and O–H groups in total. The van der Waals surface area contributed by atoms with E-state index in [1.165, 1.54) is 22.3 Å². The first-order valence-electron chi connectivity index (χ1n) is 12.3. The van der Waals surface area contributed by atoms with E-state index in [0.29, 0.717) is 52.9 Å². The van der Waals surface area contributed by atoms with Crippen molar-refractivity contribution in [2.75, 3.05) is 80.0 Å². The average molecular weight is 473 g/mol. The second kappa shape index (κ2) is 17.6. The Kier molecular flexibility index (Phi) is 14.7. The fourth-order valence-electron chi connectivity index (χ4n) is 3.37. The third-order valence-electron chi connectivity index (χ3n) is 5.50. The minimum atomic E-state index is 0.579. The molecule has 0 saturated heterocycles. The largest absolute Gasteiger partial charge is 0.378 e. The number of likely N-dealkylation sites (N-methyl/N-ethyl adjacent to an activating group) is 2. The number of hydrogen-bond acceptors (Lipinski definition) is 6. The van der Waals surface area contributed by atoms with E-state index in [0.717, 1.165) is 26.2 Å². The van der Waals surface area contributed by atoms with Gasteiger partial charge in [-0.3, -0.25) is 9.80 Å². The summed E-state index contributed by atoms with van der Waals surface area (Å²) in [6, 6.07) is 17.3. The normalized spacial score (nSPS) is 11.6. The zero-order valence-corrected chi connectivity index (χ0v) is 21.6. The molecule has 0 aliphatic heterocycles. The van der Waals surface area contributed by atoms with Crippen LogP contribution in [0, 0.1) is 13.8 Å². The first kappa shape index (κ1) is 28.4. The third kappa shape index (κ3) is 13.8. The van der Waals surface area contributed by atoms with Crippen molar-refractivity contribution in [2.45, 2.75) is 26.9 Å². The Morgan fingerprint density at radius 1 is 0.471 bits per heavy atom. The number of hydrogen-bond donors (Lipinski definition) is 0. The molecule has 2 rings (SSSR count). The van der Waals surface area contributed by atoms with Crippen LogP contribution in [0.15, 0.2) is 48.5 Å². The van der Waals surface area contributed by atoms with Crippen LogP contribution in [0.5, 0.6) is 0 Å². The lowest BCUT2D eigenvalue weighted by Gasteiger charge is -2.17. The molecule has 190 valence electrons. The standard InChI is InChI=1S/C28H44N2O4/c1-25-5-9-27(10-6-25)23-29(3)13-15-31-17-19-33-21-22-34-20-18-32-16-14-30(4)24-28-11-7-26(2)8-12-28/h5-12H,13-24H2,1-4H3. The molecule has 0 bridgehead atoms. The molecule has 0 atom stereocenters. The van der Waals surface area contributed by atoms with Crippen LogP contribution >= 0.6 is 0 Å². The highest BCUT2D eigenvalue weighted by Gasteiger charge is 2.02. The summed E-state index contributed by atoms with van der Waals surface area (Å²) >= 11 is 0. The molecule has 34 heavy (non-hydrogen) atoms. The molecule has 0 aliphatic rings. The van der Waals surface area contributed by atoms with Gasteiger partial charge in [-0.25, -0.2) is 0 Å². The molecule has 0 aliphatic carbocycles. The van der Waals surface area contributed by atoms with Gasteiger partial charge in [-0.2, -0.15) is 0 Å². The van der Waals surface area contributed by atoms with Gasteiger partial charge in [0.25, 0.3) is 0 Å². The Balaban J connectivity index is 1.31. The lowest BCUT2D eigenvalue weighted by molar-refractivity contribution is -0.00501. The van der Waals surface area contributed by atoms with Crippen LogP contribution in [0.4, 0.5) is 0 Å². The fraction of sp³-hybridized carbons (Fsp3) is 0.571. The molecule has 0 saturated carbocycles. The maximum atomic E-state index is 5.66. The van der Waals surface area contributed by atoms with Gasteiger partial charge in [0.05, 0.1) is 52.9 Å². The predicted octanol–water partition coefficient (Wildman–Crippen LogP) is 3.93. The molecule has 6 nitrogen and oxygen atoms in total. The van der Waals surface area contributed by atoms with Gasteiger partial charge in [-0.05, 0) is 39.1 Å². The Labute approximate surface area is 206 Å². The van der Waals surface area contributed by atoms with Gasteiger partial charge in [0.1, 0.15) is 0 Å². The van der Waals surface area contributed by atoms with Crippen molar-refractivity contribution < 1.29 is 18.9 Å². The zero-order valence-electron chi connectivity index (χ0n) is 21.6. The highest BCUT2D eigenvalue weighted by molar-refractivity contribution is 5.21. The highest BCUT2D eigenvalue weighted by Crippen LogP contribution is 2.06. The number of nitrogens with zero attached hydrogens (tertiary/aromatic N) is 2. The quantitative estimate of drug-likeness (QED) is 0.289. The van der Waals surface area contributed by atoms with Crippen molar-refractivity contribution in [1.29, 1.82) is 0 Å². The van der Waals surface area contributed by atoms with Crippen LogP contribution in [0.3, 0.4) is 0 Å². The first-order chi connectivity index (χ1) is 16.5. The van der Waals surface area contributed by atoms with E-state index >= 15 is 0 Å². The molecular formula is C28H44N2O4. The van der Waals surface area contributed by atoms with E-state index in [2.05, 4.69) is 86.3 Å². The smallest absolute Gasteiger partial charge is 0.0701 e. The van der Waals surface area contributed by atoms with Gasteiger partial charge in [0.2, 0.25) is 0 Å². The fourth-order valence-corrected chi connectivity index (χ4v) is 3.37. The van der Waals surface area contributed by atoms with Crippen LogP contribution in [-0.4, -0.2) is 89.8 Å². The summed E-state index contributed by atoms with van der Waals surface area (Å²) in [5.41, 5.74) is 5.24. The molecule has 0 aromatic heterocycles. The summed E-state index contributed by atoms with van der Waals surface area (Å²) in [6.45, 7) is 12.9. The summed E-state index contributed by atoms with van der Waals surface area (Å²) in [5, 5.41) is 0.